The molecule has 3 aromatic carbocycles. The Hall–Kier alpha value is -3.98. The normalized spacial score (nSPS) is 21.0. The second-order valence-electron chi connectivity index (χ2n) is 12.2. The average Bonchev–Trinajstić information content (AvgIpc) is 3.25. The highest BCUT2D eigenvalue weighted by molar-refractivity contribution is 5.94. The number of rotatable bonds is 9. The van der Waals surface area contributed by atoms with Gasteiger partial charge in [-0.05, 0) is 73.4 Å². The van der Waals surface area contributed by atoms with Crippen molar-refractivity contribution in [3.63, 3.8) is 0 Å². The topological polar surface area (TPSA) is 87.6 Å². The average molecular weight is 597 g/mol. The number of amides is 1. The third-order valence-corrected chi connectivity index (χ3v) is 8.95. The molecule has 0 aliphatic carbocycles. The van der Waals surface area contributed by atoms with Crippen LogP contribution in [0.1, 0.15) is 63.7 Å². The van der Waals surface area contributed by atoms with Gasteiger partial charge in [-0.25, -0.2) is 4.79 Å². The molecule has 2 heterocycles. The van der Waals surface area contributed by atoms with Crippen LogP contribution in [0.2, 0.25) is 0 Å². The molecule has 232 valence electrons. The fraction of sp³-hybridized carbons (Fsp3) is 0.389. The molecule has 0 spiro atoms. The molecular weight excluding hydrogens is 552 g/mol. The number of aromatic carboxylic acids is 1. The Bertz CT molecular complexity index is 1480. The predicted octanol–water partition coefficient (Wildman–Crippen LogP) is 5.11. The van der Waals surface area contributed by atoms with E-state index in [4.69, 9.17) is 0 Å². The first-order valence-electron chi connectivity index (χ1n) is 15.6. The van der Waals surface area contributed by atoms with Crippen LogP contribution in [-0.2, 0) is 6.54 Å². The van der Waals surface area contributed by atoms with E-state index in [1.54, 1.807) is 24.3 Å². The van der Waals surface area contributed by atoms with Crippen LogP contribution in [-0.4, -0.2) is 99.6 Å². The van der Waals surface area contributed by atoms with Crippen molar-refractivity contribution < 1.29 is 19.8 Å². The Morgan fingerprint density at radius 1 is 0.886 bits per heavy atom. The Morgan fingerprint density at radius 2 is 1.61 bits per heavy atom. The van der Waals surface area contributed by atoms with E-state index in [1.165, 1.54) is 0 Å². The van der Waals surface area contributed by atoms with Crippen LogP contribution < -0.4 is 0 Å². The molecule has 8 heteroatoms. The number of nitrogens with zero attached hydrogens (tertiary/aromatic N) is 4. The molecule has 0 bridgehead atoms. The minimum atomic E-state index is -0.924. The molecule has 2 N–H and O–H groups in total. The summed E-state index contributed by atoms with van der Waals surface area (Å²) in [6.45, 7) is 14.5. The third kappa shape index (κ3) is 7.38. The standard InChI is InChI=1S/C36H44N4O4/c1-4-15-39-23-27(3)40(24-26(39)2)34(30-11-7-14-33(41)22-30)29-10-6-12-31(21-29)35(42)38-17-8-16-37(18-19-38)25-28-9-5-13-32(20-28)36(43)44/h4-7,9-14,20-22,26-27,34,41H,1,8,15-19,23-25H2,2-3H3,(H,43,44)/t26-,27+,34-/m1/s1. The second kappa shape index (κ2) is 14.2. The van der Waals surface area contributed by atoms with Gasteiger partial charge in [-0.1, -0.05) is 42.5 Å². The molecule has 0 unspecified atom stereocenters. The van der Waals surface area contributed by atoms with E-state index < -0.39 is 5.97 Å². The van der Waals surface area contributed by atoms with Gasteiger partial charge in [0.1, 0.15) is 5.75 Å². The third-order valence-electron chi connectivity index (χ3n) is 8.95. The van der Waals surface area contributed by atoms with Crippen LogP contribution in [0, 0.1) is 0 Å². The summed E-state index contributed by atoms with van der Waals surface area (Å²) in [5, 5.41) is 19.7. The fourth-order valence-electron chi connectivity index (χ4n) is 6.69. The van der Waals surface area contributed by atoms with Gasteiger partial charge in [-0.2, -0.15) is 0 Å². The quantitative estimate of drug-likeness (QED) is 0.332. The lowest BCUT2D eigenvalue weighted by Gasteiger charge is -2.47. The lowest BCUT2D eigenvalue weighted by atomic mass is 9.92. The molecule has 2 aliphatic heterocycles. The monoisotopic (exact) mass is 596 g/mol. The smallest absolute Gasteiger partial charge is 0.335 e. The maximum atomic E-state index is 13.9. The number of carbonyl (C=O) groups excluding carboxylic acids is 1. The van der Waals surface area contributed by atoms with Gasteiger partial charge in [0.05, 0.1) is 11.6 Å². The number of benzene rings is 3. The van der Waals surface area contributed by atoms with Crippen LogP contribution in [0.25, 0.3) is 0 Å². The number of phenols is 1. The molecule has 2 aliphatic rings. The first-order valence-corrected chi connectivity index (χ1v) is 15.6. The molecule has 3 atom stereocenters. The molecule has 44 heavy (non-hydrogen) atoms. The minimum Gasteiger partial charge on any atom is -0.508 e. The zero-order valence-electron chi connectivity index (χ0n) is 25.8. The van der Waals surface area contributed by atoms with Crippen molar-refractivity contribution in [2.75, 3.05) is 45.8 Å². The van der Waals surface area contributed by atoms with Gasteiger partial charge in [-0.15, -0.1) is 6.58 Å². The molecular formula is C36H44N4O4. The Balaban J connectivity index is 1.34. The Morgan fingerprint density at radius 3 is 2.36 bits per heavy atom. The summed E-state index contributed by atoms with van der Waals surface area (Å²) in [7, 11) is 0. The lowest BCUT2D eigenvalue weighted by Crippen LogP contribution is -2.57. The summed E-state index contributed by atoms with van der Waals surface area (Å²) in [6, 6.07) is 23.0. The number of carbonyl (C=O) groups is 2. The van der Waals surface area contributed by atoms with E-state index in [0.717, 1.165) is 55.8 Å². The minimum absolute atomic E-state index is 0.0217. The number of aromatic hydroxyl groups is 1. The number of hydrogen-bond acceptors (Lipinski definition) is 6. The number of carboxylic acids is 1. The molecule has 1 amide bonds. The van der Waals surface area contributed by atoms with Crippen LogP contribution in [0.5, 0.6) is 5.75 Å². The largest absolute Gasteiger partial charge is 0.508 e. The van der Waals surface area contributed by atoms with Crippen molar-refractivity contribution in [2.24, 2.45) is 0 Å². The summed E-state index contributed by atoms with van der Waals surface area (Å²) >= 11 is 0. The number of phenolic OH excluding ortho intramolecular Hbond substituents is 1. The van der Waals surface area contributed by atoms with Crippen LogP contribution in [0.3, 0.4) is 0 Å². The van der Waals surface area contributed by atoms with Gasteiger partial charge in [0, 0.05) is 70.0 Å². The van der Waals surface area contributed by atoms with Crippen molar-refractivity contribution in [3.05, 3.63) is 113 Å². The molecule has 3 aromatic rings. The highest BCUT2D eigenvalue weighted by Crippen LogP contribution is 2.35. The lowest BCUT2D eigenvalue weighted by molar-refractivity contribution is 0.0306. The maximum absolute atomic E-state index is 13.9. The number of carboxylic acid groups (broad SMARTS) is 1. The van der Waals surface area contributed by atoms with Gasteiger partial charge in [-0.3, -0.25) is 19.5 Å². The van der Waals surface area contributed by atoms with Crippen molar-refractivity contribution in [1.29, 1.82) is 0 Å². The summed E-state index contributed by atoms with van der Waals surface area (Å²) in [5.41, 5.74) is 3.96. The fourth-order valence-corrected chi connectivity index (χ4v) is 6.69. The van der Waals surface area contributed by atoms with Crippen LogP contribution >= 0.6 is 0 Å². The van der Waals surface area contributed by atoms with Crippen molar-refractivity contribution in [2.45, 2.75) is 44.9 Å². The van der Waals surface area contributed by atoms with E-state index in [2.05, 4.69) is 47.3 Å². The van der Waals surface area contributed by atoms with E-state index >= 15 is 0 Å². The maximum Gasteiger partial charge on any atom is 0.335 e. The van der Waals surface area contributed by atoms with Crippen LogP contribution in [0.4, 0.5) is 0 Å². The zero-order chi connectivity index (χ0) is 31.2. The van der Waals surface area contributed by atoms with E-state index in [1.807, 2.05) is 47.4 Å². The van der Waals surface area contributed by atoms with E-state index in [9.17, 15) is 19.8 Å². The Kier molecular flexibility index (Phi) is 10.1. The first-order chi connectivity index (χ1) is 21.2. The molecule has 5 rings (SSSR count). The number of hydrogen-bond donors (Lipinski definition) is 2. The molecule has 2 fully saturated rings. The summed E-state index contributed by atoms with van der Waals surface area (Å²) in [4.78, 5) is 34.4. The Labute approximate surface area is 260 Å². The second-order valence-corrected chi connectivity index (χ2v) is 12.2. The zero-order valence-corrected chi connectivity index (χ0v) is 25.8. The summed E-state index contributed by atoms with van der Waals surface area (Å²) < 4.78 is 0. The van der Waals surface area contributed by atoms with Crippen molar-refractivity contribution >= 4 is 11.9 Å². The van der Waals surface area contributed by atoms with Gasteiger partial charge in [0.25, 0.3) is 5.91 Å². The van der Waals surface area contributed by atoms with Gasteiger partial charge >= 0.3 is 5.97 Å². The SMILES string of the molecule is C=CCN1C[C@H](C)N([C@@H](c2cccc(O)c2)c2cccc(C(=O)N3CCCN(Cc4cccc(C(=O)O)c4)CC3)c2)C[C@H]1C. The summed E-state index contributed by atoms with van der Waals surface area (Å²) in [5.74, 6) is -0.671. The van der Waals surface area contributed by atoms with Crippen molar-refractivity contribution in [3.8, 4) is 5.75 Å². The molecule has 0 aromatic heterocycles. The van der Waals surface area contributed by atoms with Crippen LogP contribution in [0.15, 0.2) is 85.5 Å². The van der Waals surface area contributed by atoms with Crippen molar-refractivity contribution in [1.82, 2.24) is 19.6 Å². The highest BCUT2D eigenvalue weighted by Gasteiger charge is 2.35. The molecule has 8 nitrogen and oxygen atoms in total. The molecule has 0 radical (unpaired) electrons. The molecule has 0 saturated carbocycles. The summed E-state index contributed by atoms with van der Waals surface area (Å²) in [6.07, 6.45) is 2.81. The highest BCUT2D eigenvalue weighted by atomic mass is 16.4. The van der Waals surface area contributed by atoms with Gasteiger partial charge in [0.2, 0.25) is 0 Å². The van der Waals surface area contributed by atoms with E-state index in [0.29, 0.717) is 36.8 Å². The van der Waals surface area contributed by atoms with Gasteiger partial charge in [0.15, 0.2) is 0 Å². The molecule has 2 saturated heterocycles. The predicted molar refractivity (Wildman–Crippen MR) is 173 cm³/mol. The van der Waals surface area contributed by atoms with E-state index in [-0.39, 0.29) is 23.7 Å². The first kappa shape index (κ1) is 31.4. The number of piperazine rings is 1. The van der Waals surface area contributed by atoms with Gasteiger partial charge < -0.3 is 15.1 Å².